The Morgan fingerprint density at radius 1 is 1.59 bits per heavy atom. The SMILES string of the molecule is CC(C(=O)O)C(C)N(Cc1cccs1)C1CC1. The first kappa shape index (κ1) is 12.6. The molecule has 2 unspecified atom stereocenters. The summed E-state index contributed by atoms with van der Waals surface area (Å²) < 4.78 is 0. The molecule has 17 heavy (non-hydrogen) atoms. The molecule has 0 radical (unpaired) electrons. The molecular formula is C13H19NO2S. The topological polar surface area (TPSA) is 40.5 Å². The predicted molar refractivity (Wildman–Crippen MR) is 69.1 cm³/mol. The summed E-state index contributed by atoms with van der Waals surface area (Å²) in [6.07, 6.45) is 2.42. The van der Waals surface area contributed by atoms with E-state index in [0.717, 1.165) is 6.54 Å². The Bertz CT molecular complexity index is 373. The molecule has 1 heterocycles. The van der Waals surface area contributed by atoms with Crippen molar-refractivity contribution in [3.8, 4) is 0 Å². The largest absolute Gasteiger partial charge is 0.481 e. The van der Waals surface area contributed by atoms with Crippen LogP contribution < -0.4 is 0 Å². The number of hydrogen-bond donors (Lipinski definition) is 1. The monoisotopic (exact) mass is 253 g/mol. The van der Waals surface area contributed by atoms with Crippen LogP contribution in [0.3, 0.4) is 0 Å². The van der Waals surface area contributed by atoms with Gasteiger partial charge in [0, 0.05) is 23.5 Å². The van der Waals surface area contributed by atoms with Gasteiger partial charge in [-0.15, -0.1) is 11.3 Å². The van der Waals surface area contributed by atoms with Gasteiger partial charge in [0.1, 0.15) is 0 Å². The van der Waals surface area contributed by atoms with Crippen LogP contribution in [0.1, 0.15) is 31.6 Å². The van der Waals surface area contributed by atoms with Gasteiger partial charge in [0.2, 0.25) is 0 Å². The zero-order chi connectivity index (χ0) is 12.4. The van der Waals surface area contributed by atoms with E-state index in [1.54, 1.807) is 18.3 Å². The van der Waals surface area contributed by atoms with Crippen molar-refractivity contribution in [3.05, 3.63) is 22.4 Å². The molecule has 0 aliphatic heterocycles. The number of carboxylic acids is 1. The smallest absolute Gasteiger partial charge is 0.307 e. The van der Waals surface area contributed by atoms with Crippen LogP contribution in [0.15, 0.2) is 17.5 Å². The van der Waals surface area contributed by atoms with E-state index >= 15 is 0 Å². The fourth-order valence-corrected chi connectivity index (χ4v) is 2.80. The second kappa shape index (κ2) is 5.19. The summed E-state index contributed by atoms with van der Waals surface area (Å²) in [6, 6.07) is 4.87. The number of rotatable bonds is 6. The molecule has 1 aliphatic carbocycles. The van der Waals surface area contributed by atoms with Crippen molar-refractivity contribution < 1.29 is 9.90 Å². The minimum Gasteiger partial charge on any atom is -0.481 e. The van der Waals surface area contributed by atoms with Crippen LogP contribution in [0.4, 0.5) is 0 Å². The molecule has 1 aromatic rings. The van der Waals surface area contributed by atoms with E-state index in [-0.39, 0.29) is 12.0 Å². The van der Waals surface area contributed by atoms with Crippen LogP contribution in [0.2, 0.25) is 0 Å². The van der Waals surface area contributed by atoms with E-state index in [4.69, 9.17) is 5.11 Å². The summed E-state index contributed by atoms with van der Waals surface area (Å²) in [5, 5.41) is 11.2. The zero-order valence-corrected chi connectivity index (χ0v) is 11.1. The Labute approximate surface area is 106 Å². The highest BCUT2D eigenvalue weighted by molar-refractivity contribution is 7.09. The molecule has 2 rings (SSSR count). The van der Waals surface area contributed by atoms with E-state index < -0.39 is 5.97 Å². The van der Waals surface area contributed by atoms with Gasteiger partial charge in [0.15, 0.2) is 0 Å². The minimum atomic E-state index is -0.700. The Morgan fingerprint density at radius 3 is 2.76 bits per heavy atom. The van der Waals surface area contributed by atoms with Crippen molar-refractivity contribution in [1.82, 2.24) is 4.90 Å². The first-order valence-corrected chi connectivity index (χ1v) is 6.98. The lowest BCUT2D eigenvalue weighted by atomic mass is 10.0. The summed E-state index contributed by atoms with van der Waals surface area (Å²) in [6.45, 7) is 4.72. The van der Waals surface area contributed by atoms with Crippen molar-refractivity contribution in [2.45, 2.75) is 45.3 Å². The third-order valence-electron chi connectivity index (χ3n) is 3.57. The maximum atomic E-state index is 11.1. The van der Waals surface area contributed by atoms with E-state index in [0.29, 0.717) is 6.04 Å². The normalized spacial score (nSPS) is 19.2. The highest BCUT2D eigenvalue weighted by atomic mass is 32.1. The van der Waals surface area contributed by atoms with Crippen LogP contribution in [-0.4, -0.2) is 28.1 Å². The van der Waals surface area contributed by atoms with Crippen LogP contribution >= 0.6 is 11.3 Å². The average molecular weight is 253 g/mol. The fourth-order valence-electron chi connectivity index (χ4n) is 2.09. The van der Waals surface area contributed by atoms with Crippen molar-refractivity contribution in [2.24, 2.45) is 5.92 Å². The third-order valence-corrected chi connectivity index (χ3v) is 4.43. The number of carboxylic acid groups (broad SMARTS) is 1. The van der Waals surface area contributed by atoms with Gasteiger partial charge in [0.05, 0.1) is 5.92 Å². The highest BCUT2D eigenvalue weighted by Crippen LogP contribution is 2.32. The minimum absolute atomic E-state index is 0.0992. The maximum absolute atomic E-state index is 11.1. The lowest BCUT2D eigenvalue weighted by Crippen LogP contribution is -2.41. The molecule has 1 aromatic heterocycles. The van der Waals surface area contributed by atoms with Gasteiger partial charge in [-0.1, -0.05) is 13.0 Å². The first-order valence-electron chi connectivity index (χ1n) is 6.10. The number of carbonyl (C=O) groups is 1. The Hall–Kier alpha value is -0.870. The third kappa shape index (κ3) is 3.07. The average Bonchev–Trinajstić information content (AvgIpc) is 3.01. The molecule has 1 saturated carbocycles. The number of thiophene rings is 1. The van der Waals surface area contributed by atoms with Crippen molar-refractivity contribution in [1.29, 1.82) is 0 Å². The quantitative estimate of drug-likeness (QED) is 0.847. The lowest BCUT2D eigenvalue weighted by Gasteiger charge is -2.31. The van der Waals surface area contributed by atoms with Gasteiger partial charge in [-0.2, -0.15) is 0 Å². The standard InChI is InChI=1S/C13H19NO2S/c1-9(13(15)16)10(2)14(11-5-6-11)8-12-4-3-7-17-12/h3-4,7,9-11H,5-6,8H2,1-2H3,(H,15,16). The van der Waals surface area contributed by atoms with Crippen molar-refractivity contribution in [3.63, 3.8) is 0 Å². The van der Waals surface area contributed by atoms with Crippen LogP contribution in [0.25, 0.3) is 0 Å². The van der Waals surface area contributed by atoms with E-state index in [9.17, 15) is 4.79 Å². The first-order chi connectivity index (χ1) is 8.09. The molecular weight excluding hydrogens is 234 g/mol. The summed E-state index contributed by atoms with van der Waals surface area (Å²) in [4.78, 5) is 14.7. The van der Waals surface area contributed by atoms with E-state index in [1.165, 1.54) is 17.7 Å². The van der Waals surface area contributed by atoms with Crippen molar-refractivity contribution >= 4 is 17.3 Å². The number of aliphatic carboxylic acids is 1. The Kier molecular flexibility index (Phi) is 3.84. The van der Waals surface area contributed by atoms with Crippen LogP contribution in [-0.2, 0) is 11.3 Å². The second-order valence-corrected chi connectivity index (χ2v) is 5.88. The molecule has 2 atom stereocenters. The number of nitrogens with zero attached hydrogens (tertiary/aromatic N) is 1. The Morgan fingerprint density at radius 2 is 2.29 bits per heavy atom. The van der Waals surface area contributed by atoms with Crippen LogP contribution in [0.5, 0.6) is 0 Å². The molecule has 1 N–H and O–H groups in total. The molecule has 3 nitrogen and oxygen atoms in total. The van der Waals surface area contributed by atoms with Gasteiger partial charge in [0.25, 0.3) is 0 Å². The molecule has 0 bridgehead atoms. The van der Waals surface area contributed by atoms with Gasteiger partial charge in [-0.05, 0) is 31.2 Å². The second-order valence-electron chi connectivity index (χ2n) is 4.85. The Balaban J connectivity index is 2.04. The molecule has 0 spiro atoms. The van der Waals surface area contributed by atoms with Gasteiger partial charge < -0.3 is 5.11 Å². The van der Waals surface area contributed by atoms with Crippen molar-refractivity contribution in [2.75, 3.05) is 0 Å². The molecule has 1 fully saturated rings. The molecule has 94 valence electrons. The number of hydrogen-bond acceptors (Lipinski definition) is 3. The predicted octanol–water partition coefficient (Wildman–Crippen LogP) is 2.82. The molecule has 1 aliphatic rings. The fraction of sp³-hybridized carbons (Fsp3) is 0.615. The molecule has 4 heteroatoms. The van der Waals surface area contributed by atoms with Gasteiger partial charge in [-0.3, -0.25) is 9.69 Å². The molecule has 0 aromatic carbocycles. The molecule has 0 amide bonds. The van der Waals surface area contributed by atoms with Gasteiger partial charge >= 0.3 is 5.97 Å². The molecule has 0 saturated heterocycles. The maximum Gasteiger partial charge on any atom is 0.307 e. The summed E-state index contributed by atoms with van der Waals surface area (Å²) in [7, 11) is 0. The summed E-state index contributed by atoms with van der Waals surface area (Å²) >= 11 is 1.74. The van der Waals surface area contributed by atoms with Crippen LogP contribution in [0, 0.1) is 5.92 Å². The highest BCUT2D eigenvalue weighted by Gasteiger charge is 2.36. The summed E-state index contributed by atoms with van der Waals surface area (Å²) in [5.41, 5.74) is 0. The lowest BCUT2D eigenvalue weighted by molar-refractivity contribution is -0.143. The van der Waals surface area contributed by atoms with E-state index in [1.807, 2.05) is 6.92 Å². The van der Waals surface area contributed by atoms with E-state index in [2.05, 4.69) is 22.4 Å². The summed E-state index contributed by atoms with van der Waals surface area (Å²) in [5.74, 6) is -1.01. The van der Waals surface area contributed by atoms with Gasteiger partial charge in [-0.25, -0.2) is 0 Å². The zero-order valence-electron chi connectivity index (χ0n) is 10.3.